The molecule has 1 aromatic heterocycles. The molecule has 14 heavy (non-hydrogen) atoms. The minimum atomic E-state index is 0.314. The third-order valence-corrected chi connectivity index (χ3v) is 3.14. The van der Waals surface area contributed by atoms with E-state index in [2.05, 4.69) is 32.7 Å². The molecule has 0 aliphatic carbocycles. The summed E-state index contributed by atoms with van der Waals surface area (Å²) >= 11 is 1.77. The molecule has 2 nitrogen and oxygen atoms in total. The Morgan fingerprint density at radius 2 is 2.00 bits per heavy atom. The first-order valence-electron chi connectivity index (χ1n) is 5.14. The van der Waals surface area contributed by atoms with E-state index in [9.17, 15) is 0 Å². The fraction of sp³-hybridized carbons (Fsp3) is 0.727. The zero-order valence-electron chi connectivity index (χ0n) is 9.55. The van der Waals surface area contributed by atoms with Crippen LogP contribution in [0.1, 0.15) is 43.3 Å². The molecule has 0 saturated heterocycles. The van der Waals surface area contributed by atoms with Gasteiger partial charge in [0.2, 0.25) is 0 Å². The van der Waals surface area contributed by atoms with Gasteiger partial charge in [0.1, 0.15) is 0 Å². The molecule has 0 spiro atoms. The quantitative estimate of drug-likeness (QED) is 0.836. The smallest absolute Gasteiger partial charge is 0.0936 e. The van der Waals surface area contributed by atoms with Gasteiger partial charge in [0.15, 0.2) is 0 Å². The Balaban J connectivity index is 2.84. The Labute approximate surface area is 90.6 Å². The first-order valence-corrected chi connectivity index (χ1v) is 5.95. The van der Waals surface area contributed by atoms with Gasteiger partial charge >= 0.3 is 0 Å². The summed E-state index contributed by atoms with van der Waals surface area (Å²) in [7, 11) is 0. The molecule has 0 aliphatic heterocycles. The second kappa shape index (κ2) is 4.41. The first-order chi connectivity index (χ1) is 6.46. The van der Waals surface area contributed by atoms with Crippen molar-refractivity contribution in [3.05, 3.63) is 15.6 Å². The Kier molecular flexibility index (Phi) is 3.67. The zero-order valence-corrected chi connectivity index (χ0v) is 10.4. The highest BCUT2D eigenvalue weighted by Gasteiger charge is 2.16. The Bertz CT molecular complexity index is 275. The average molecular weight is 212 g/mol. The van der Waals surface area contributed by atoms with E-state index in [0.29, 0.717) is 12.0 Å². The molecule has 0 saturated carbocycles. The zero-order chi connectivity index (χ0) is 10.8. The molecule has 3 heteroatoms. The Morgan fingerprint density at radius 3 is 2.36 bits per heavy atom. The molecule has 0 bridgehead atoms. The SMILES string of the molecule is CCc1nc(CC(C)(C)C)sc1CN. The number of hydrogen-bond acceptors (Lipinski definition) is 3. The van der Waals surface area contributed by atoms with Gasteiger partial charge < -0.3 is 5.73 Å². The van der Waals surface area contributed by atoms with Crippen LogP contribution in [0.25, 0.3) is 0 Å². The van der Waals surface area contributed by atoms with E-state index in [1.165, 1.54) is 15.6 Å². The molecule has 0 atom stereocenters. The van der Waals surface area contributed by atoms with Gasteiger partial charge in [0.05, 0.1) is 10.7 Å². The van der Waals surface area contributed by atoms with E-state index >= 15 is 0 Å². The van der Waals surface area contributed by atoms with Crippen LogP contribution in [0.5, 0.6) is 0 Å². The van der Waals surface area contributed by atoms with E-state index in [-0.39, 0.29) is 0 Å². The molecule has 80 valence electrons. The number of hydrogen-bond donors (Lipinski definition) is 1. The van der Waals surface area contributed by atoms with Crippen molar-refractivity contribution in [3.8, 4) is 0 Å². The summed E-state index contributed by atoms with van der Waals surface area (Å²) in [6, 6.07) is 0. The standard InChI is InChI=1S/C11H20N2S/c1-5-8-9(7-12)14-10(13-8)6-11(2,3)4/h5-7,12H2,1-4H3. The maximum absolute atomic E-state index is 5.67. The van der Waals surface area contributed by atoms with Crippen LogP contribution in [0.3, 0.4) is 0 Å². The van der Waals surface area contributed by atoms with Gasteiger partial charge in [-0.1, -0.05) is 27.7 Å². The highest BCUT2D eigenvalue weighted by molar-refractivity contribution is 7.11. The van der Waals surface area contributed by atoms with Crippen LogP contribution >= 0.6 is 11.3 Å². The fourth-order valence-corrected chi connectivity index (χ4v) is 2.74. The van der Waals surface area contributed by atoms with Gasteiger partial charge in [0, 0.05) is 17.8 Å². The van der Waals surface area contributed by atoms with Crippen molar-refractivity contribution in [1.82, 2.24) is 4.98 Å². The number of thiazole rings is 1. The van der Waals surface area contributed by atoms with Crippen molar-refractivity contribution in [2.75, 3.05) is 0 Å². The van der Waals surface area contributed by atoms with E-state index in [4.69, 9.17) is 5.73 Å². The first kappa shape index (κ1) is 11.7. The van der Waals surface area contributed by atoms with Crippen LogP contribution in [0.15, 0.2) is 0 Å². The van der Waals surface area contributed by atoms with Crippen LogP contribution in [0.4, 0.5) is 0 Å². The molecule has 1 rings (SSSR count). The monoisotopic (exact) mass is 212 g/mol. The molecule has 1 heterocycles. The van der Waals surface area contributed by atoms with E-state index in [1.807, 2.05) is 0 Å². The molecule has 0 unspecified atom stereocenters. The normalized spacial score (nSPS) is 12.1. The van der Waals surface area contributed by atoms with Gasteiger partial charge in [-0.2, -0.15) is 0 Å². The van der Waals surface area contributed by atoms with Gasteiger partial charge in [-0.05, 0) is 11.8 Å². The molecule has 0 fully saturated rings. The van der Waals surface area contributed by atoms with Crippen molar-refractivity contribution in [3.63, 3.8) is 0 Å². The number of aryl methyl sites for hydroxylation is 1. The van der Waals surface area contributed by atoms with Gasteiger partial charge in [0.25, 0.3) is 0 Å². The second-order valence-corrected chi connectivity index (χ2v) is 5.94. The third kappa shape index (κ3) is 3.07. The summed E-state index contributed by atoms with van der Waals surface area (Å²) in [5.74, 6) is 0. The van der Waals surface area contributed by atoms with Gasteiger partial charge in [-0.25, -0.2) is 4.98 Å². The predicted molar refractivity (Wildman–Crippen MR) is 62.5 cm³/mol. The number of nitrogens with two attached hydrogens (primary N) is 1. The van der Waals surface area contributed by atoms with Crippen LogP contribution in [-0.4, -0.2) is 4.98 Å². The molecule has 0 aliphatic rings. The fourth-order valence-electron chi connectivity index (χ4n) is 1.40. The van der Waals surface area contributed by atoms with E-state index in [1.54, 1.807) is 11.3 Å². The molecular weight excluding hydrogens is 192 g/mol. The Hall–Kier alpha value is -0.410. The molecular formula is C11H20N2S. The summed E-state index contributed by atoms with van der Waals surface area (Å²) in [4.78, 5) is 5.88. The van der Waals surface area contributed by atoms with Crippen LogP contribution in [0, 0.1) is 5.41 Å². The molecule has 0 aromatic carbocycles. The topological polar surface area (TPSA) is 38.9 Å². The lowest BCUT2D eigenvalue weighted by molar-refractivity contribution is 0.410. The minimum absolute atomic E-state index is 0.314. The Morgan fingerprint density at radius 1 is 1.36 bits per heavy atom. The molecule has 0 radical (unpaired) electrons. The largest absolute Gasteiger partial charge is 0.326 e. The van der Waals surface area contributed by atoms with E-state index < -0.39 is 0 Å². The summed E-state index contributed by atoms with van der Waals surface area (Å²) in [6.07, 6.45) is 2.04. The van der Waals surface area contributed by atoms with Crippen molar-refractivity contribution in [2.45, 2.75) is 47.1 Å². The summed E-state index contributed by atoms with van der Waals surface area (Å²) < 4.78 is 0. The number of aromatic nitrogens is 1. The third-order valence-electron chi connectivity index (χ3n) is 2.02. The lowest BCUT2D eigenvalue weighted by Crippen LogP contribution is -2.08. The van der Waals surface area contributed by atoms with Crippen LogP contribution in [0.2, 0.25) is 0 Å². The summed E-state index contributed by atoms with van der Waals surface area (Å²) in [5, 5.41) is 1.23. The molecule has 1 aromatic rings. The second-order valence-electron chi connectivity index (χ2n) is 4.77. The number of nitrogens with zero attached hydrogens (tertiary/aromatic N) is 1. The van der Waals surface area contributed by atoms with Crippen LogP contribution in [-0.2, 0) is 19.4 Å². The van der Waals surface area contributed by atoms with Crippen molar-refractivity contribution < 1.29 is 0 Å². The lowest BCUT2D eigenvalue weighted by Gasteiger charge is -2.15. The van der Waals surface area contributed by atoms with Crippen molar-refractivity contribution in [1.29, 1.82) is 0 Å². The average Bonchev–Trinajstić information content (AvgIpc) is 2.43. The van der Waals surface area contributed by atoms with Gasteiger partial charge in [-0.3, -0.25) is 0 Å². The maximum Gasteiger partial charge on any atom is 0.0936 e. The van der Waals surface area contributed by atoms with Gasteiger partial charge in [-0.15, -0.1) is 11.3 Å². The highest BCUT2D eigenvalue weighted by Crippen LogP contribution is 2.26. The summed E-state index contributed by atoms with van der Waals surface area (Å²) in [6.45, 7) is 9.48. The minimum Gasteiger partial charge on any atom is -0.326 e. The lowest BCUT2D eigenvalue weighted by atomic mass is 9.93. The molecule has 2 N–H and O–H groups in total. The van der Waals surface area contributed by atoms with Crippen LogP contribution < -0.4 is 5.73 Å². The maximum atomic E-state index is 5.67. The van der Waals surface area contributed by atoms with Crippen molar-refractivity contribution >= 4 is 11.3 Å². The number of rotatable bonds is 3. The molecule has 0 amide bonds. The summed E-state index contributed by atoms with van der Waals surface area (Å²) in [5.41, 5.74) is 7.18. The van der Waals surface area contributed by atoms with Crippen molar-refractivity contribution in [2.24, 2.45) is 11.1 Å². The van der Waals surface area contributed by atoms with E-state index in [0.717, 1.165) is 12.8 Å². The predicted octanol–water partition coefficient (Wildman–Crippen LogP) is 2.75. The highest BCUT2D eigenvalue weighted by atomic mass is 32.1.